The molecule has 0 fully saturated rings. The van der Waals surface area contributed by atoms with E-state index in [-0.39, 0.29) is 11.5 Å². The summed E-state index contributed by atoms with van der Waals surface area (Å²) < 4.78 is 0. The Kier molecular flexibility index (Phi) is 3.75. The zero-order valence-corrected chi connectivity index (χ0v) is 10.1. The number of phenols is 1. The molecule has 2 aromatic carbocycles. The number of benzene rings is 2. The van der Waals surface area contributed by atoms with E-state index in [1.807, 2.05) is 6.07 Å². The first-order valence-electron chi connectivity index (χ1n) is 5.70. The minimum atomic E-state index is -0.146. The highest BCUT2D eigenvalue weighted by molar-refractivity contribution is 6.06. The van der Waals surface area contributed by atoms with Crippen LogP contribution in [0.5, 0.6) is 5.75 Å². The monoisotopic (exact) mass is 249 g/mol. The van der Waals surface area contributed by atoms with Gasteiger partial charge >= 0.3 is 0 Å². The Labute approximate surface area is 111 Å². The maximum Gasteiger partial charge on any atom is 0.185 e. The van der Waals surface area contributed by atoms with Crippen LogP contribution in [0.1, 0.15) is 21.5 Å². The first-order chi connectivity index (χ1) is 9.19. The molecule has 2 rings (SSSR count). The van der Waals surface area contributed by atoms with Gasteiger partial charge in [0.1, 0.15) is 5.75 Å². The van der Waals surface area contributed by atoms with E-state index in [0.717, 1.165) is 5.56 Å². The molecule has 0 atom stereocenters. The van der Waals surface area contributed by atoms with E-state index in [1.54, 1.807) is 54.6 Å². The second-order valence-corrected chi connectivity index (χ2v) is 3.98. The Balaban J connectivity index is 2.14. The molecular weight excluding hydrogens is 238 g/mol. The molecule has 1 N–H and O–H groups in total. The Morgan fingerprint density at radius 3 is 2.53 bits per heavy atom. The van der Waals surface area contributed by atoms with Gasteiger partial charge in [0.25, 0.3) is 0 Å². The van der Waals surface area contributed by atoms with Crippen LogP contribution in [0.2, 0.25) is 0 Å². The van der Waals surface area contributed by atoms with Gasteiger partial charge in [0.2, 0.25) is 0 Å². The maximum atomic E-state index is 11.9. The summed E-state index contributed by atoms with van der Waals surface area (Å²) in [6.07, 6.45) is 3.08. The lowest BCUT2D eigenvalue weighted by Crippen LogP contribution is -1.93. The number of nitriles is 1. The molecule has 0 aliphatic carbocycles. The van der Waals surface area contributed by atoms with Crippen LogP contribution in [0.15, 0.2) is 54.6 Å². The minimum Gasteiger partial charge on any atom is -0.508 e. The van der Waals surface area contributed by atoms with Crippen LogP contribution in [-0.2, 0) is 0 Å². The van der Waals surface area contributed by atoms with Gasteiger partial charge in [-0.05, 0) is 48.0 Å². The number of hydrogen-bond acceptors (Lipinski definition) is 3. The minimum absolute atomic E-state index is 0.146. The molecule has 0 amide bonds. The van der Waals surface area contributed by atoms with Gasteiger partial charge in [-0.3, -0.25) is 4.79 Å². The maximum absolute atomic E-state index is 11.9. The fraction of sp³-hybridized carbons (Fsp3) is 0. The molecule has 0 bridgehead atoms. The van der Waals surface area contributed by atoms with Crippen molar-refractivity contribution in [2.75, 3.05) is 0 Å². The Morgan fingerprint density at radius 1 is 1.16 bits per heavy atom. The molecule has 3 heteroatoms. The molecular formula is C16H11NO2. The van der Waals surface area contributed by atoms with Crippen molar-refractivity contribution in [1.82, 2.24) is 0 Å². The molecule has 19 heavy (non-hydrogen) atoms. The zero-order chi connectivity index (χ0) is 13.7. The summed E-state index contributed by atoms with van der Waals surface area (Å²) in [4.78, 5) is 11.9. The summed E-state index contributed by atoms with van der Waals surface area (Å²) >= 11 is 0. The zero-order valence-electron chi connectivity index (χ0n) is 10.1. The van der Waals surface area contributed by atoms with Gasteiger partial charge in [0.15, 0.2) is 5.78 Å². The lowest BCUT2D eigenvalue weighted by Gasteiger charge is -1.97. The second kappa shape index (κ2) is 5.65. The third kappa shape index (κ3) is 3.30. The van der Waals surface area contributed by atoms with Crippen LogP contribution in [0.3, 0.4) is 0 Å². The van der Waals surface area contributed by atoms with Crippen LogP contribution < -0.4 is 0 Å². The molecule has 0 spiro atoms. The lowest BCUT2D eigenvalue weighted by atomic mass is 10.1. The van der Waals surface area contributed by atoms with Gasteiger partial charge in [-0.2, -0.15) is 5.26 Å². The van der Waals surface area contributed by atoms with E-state index in [1.165, 1.54) is 6.08 Å². The fourth-order valence-corrected chi connectivity index (χ4v) is 1.61. The largest absolute Gasteiger partial charge is 0.508 e. The van der Waals surface area contributed by atoms with Crippen molar-refractivity contribution in [3.63, 3.8) is 0 Å². The number of hydrogen-bond donors (Lipinski definition) is 1. The van der Waals surface area contributed by atoms with E-state index < -0.39 is 0 Å². The summed E-state index contributed by atoms with van der Waals surface area (Å²) in [6.45, 7) is 0. The molecule has 2 aromatic rings. The molecule has 0 aliphatic heterocycles. The van der Waals surface area contributed by atoms with E-state index >= 15 is 0 Å². The summed E-state index contributed by atoms with van der Waals surface area (Å²) in [7, 11) is 0. The van der Waals surface area contributed by atoms with Crippen LogP contribution in [0.4, 0.5) is 0 Å². The van der Waals surface area contributed by atoms with Crippen molar-refractivity contribution >= 4 is 11.9 Å². The Hall–Kier alpha value is -2.86. The summed E-state index contributed by atoms with van der Waals surface area (Å²) in [5, 5.41) is 18.0. The van der Waals surface area contributed by atoms with Crippen LogP contribution in [0, 0.1) is 11.3 Å². The molecule has 0 radical (unpaired) electrons. The third-order valence-corrected chi connectivity index (χ3v) is 2.60. The van der Waals surface area contributed by atoms with E-state index in [9.17, 15) is 9.90 Å². The topological polar surface area (TPSA) is 61.1 Å². The Morgan fingerprint density at radius 2 is 1.89 bits per heavy atom. The smallest absolute Gasteiger partial charge is 0.185 e. The van der Waals surface area contributed by atoms with Crippen molar-refractivity contribution in [2.24, 2.45) is 0 Å². The molecule has 0 unspecified atom stereocenters. The molecule has 0 aromatic heterocycles. The van der Waals surface area contributed by atoms with Crippen LogP contribution in [-0.4, -0.2) is 10.9 Å². The lowest BCUT2D eigenvalue weighted by molar-refractivity contribution is 0.104. The Bertz CT molecular complexity index is 664. The first kappa shape index (κ1) is 12.6. The van der Waals surface area contributed by atoms with E-state index in [0.29, 0.717) is 11.1 Å². The molecule has 0 saturated heterocycles. The van der Waals surface area contributed by atoms with Crippen LogP contribution >= 0.6 is 0 Å². The van der Waals surface area contributed by atoms with Crippen molar-refractivity contribution in [1.29, 1.82) is 5.26 Å². The van der Waals surface area contributed by atoms with Gasteiger partial charge in [-0.25, -0.2) is 0 Å². The number of carbonyl (C=O) groups is 1. The number of phenolic OH excluding ortho intramolecular Hbond substituents is 1. The van der Waals surface area contributed by atoms with E-state index in [4.69, 9.17) is 5.26 Å². The van der Waals surface area contributed by atoms with Crippen molar-refractivity contribution in [3.8, 4) is 11.8 Å². The number of carbonyl (C=O) groups excluding carboxylic acids is 1. The van der Waals surface area contributed by atoms with Gasteiger partial charge in [0, 0.05) is 5.56 Å². The number of nitrogens with zero attached hydrogens (tertiary/aromatic N) is 1. The van der Waals surface area contributed by atoms with E-state index in [2.05, 4.69) is 0 Å². The molecule has 92 valence electrons. The fourth-order valence-electron chi connectivity index (χ4n) is 1.61. The predicted octanol–water partition coefficient (Wildman–Crippen LogP) is 3.16. The van der Waals surface area contributed by atoms with Crippen molar-refractivity contribution in [2.45, 2.75) is 0 Å². The summed E-state index contributed by atoms with van der Waals surface area (Å²) in [5.41, 5.74) is 1.80. The van der Waals surface area contributed by atoms with Crippen molar-refractivity contribution in [3.05, 3.63) is 71.3 Å². The highest BCUT2D eigenvalue weighted by Crippen LogP contribution is 2.13. The van der Waals surface area contributed by atoms with Crippen LogP contribution in [0.25, 0.3) is 6.08 Å². The third-order valence-electron chi connectivity index (χ3n) is 2.60. The highest BCUT2D eigenvalue weighted by atomic mass is 16.3. The first-order valence-corrected chi connectivity index (χ1v) is 5.70. The average molecular weight is 249 g/mol. The number of aromatic hydroxyl groups is 1. The predicted molar refractivity (Wildman–Crippen MR) is 72.6 cm³/mol. The van der Waals surface area contributed by atoms with Gasteiger partial charge in [-0.15, -0.1) is 0 Å². The number of rotatable bonds is 3. The van der Waals surface area contributed by atoms with Gasteiger partial charge in [0.05, 0.1) is 11.6 Å². The van der Waals surface area contributed by atoms with Gasteiger partial charge < -0.3 is 5.11 Å². The second-order valence-electron chi connectivity index (χ2n) is 3.98. The molecule has 0 heterocycles. The summed E-state index contributed by atoms with van der Waals surface area (Å²) in [5.74, 6) is 0.0146. The average Bonchev–Trinajstić information content (AvgIpc) is 2.45. The van der Waals surface area contributed by atoms with Crippen molar-refractivity contribution < 1.29 is 9.90 Å². The number of ketones is 1. The molecule has 3 nitrogen and oxygen atoms in total. The van der Waals surface area contributed by atoms with Gasteiger partial charge in [-0.1, -0.05) is 18.2 Å². The molecule has 0 aliphatic rings. The standard InChI is InChI=1S/C16H11NO2/c17-11-13-4-7-14(8-5-13)16(19)9-6-12-2-1-3-15(18)10-12/h1-10,18H. The normalized spacial score (nSPS) is 10.3. The highest BCUT2D eigenvalue weighted by Gasteiger charge is 2.01. The molecule has 0 saturated carbocycles. The SMILES string of the molecule is N#Cc1ccc(C(=O)C=Cc2cccc(O)c2)cc1. The summed E-state index contributed by atoms with van der Waals surface area (Å²) in [6, 6.07) is 15.1. The number of allylic oxidation sites excluding steroid dienone is 1. The quantitative estimate of drug-likeness (QED) is 0.671.